The van der Waals surface area contributed by atoms with Crippen LogP contribution in [0.15, 0.2) is 6.20 Å². The average molecular weight is 233 g/mol. The number of ether oxygens (including phenoxy) is 1. The van der Waals surface area contributed by atoms with Crippen molar-refractivity contribution in [1.29, 1.82) is 5.26 Å². The van der Waals surface area contributed by atoms with Crippen molar-refractivity contribution in [3.05, 3.63) is 17.5 Å². The second-order valence-corrected chi connectivity index (χ2v) is 4.07. The second kappa shape index (κ2) is 5.00. The van der Waals surface area contributed by atoms with Gasteiger partial charge in [0.25, 0.3) is 0 Å². The van der Waals surface area contributed by atoms with Crippen molar-refractivity contribution in [1.82, 2.24) is 9.78 Å². The first kappa shape index (κ1) is 11.6. The summed E-state index contributed by atoms with van der Waals surface area (Å²) in [6.07, 6.45) is 4.14. The first-order chi connectivity index (χ1) is 8.27. The third kappa shape index (κ3) is 2.47. The molecule has 0 spiro atoms. The van der Waals surface area contributed by atoms with Gasteiger partial charge in [0, 0.05) is 5.92 Å². The molecular formula is C12H15N3O2. The van der Waals surface area contributed by atoms with Crippen LogP contribution >= 0.6 is 0 Å². The van der Waals surface area contributed by atoms with Crippen molar-refractivity contribution in [3.8, 4) is 6.07 Å². The molecular weight excluding hydrogens is 218 g/mol. The molecule has 1 aliphatic rings. The fourth-order valence-electron chi connectivity index (χ4n) is 1.88. The molecule has 1 fully saturated rings. The third-order valence-corrected chi connectivity index (χ3v) is 2.78. The van der Waals surface area contributed by atoms with E-state index in [1.54, 1.807) is 17.8 Å². The van der Waals surface area contributed by atoms with Crippen LogP contribution in [0, 0.1) is 11.3 Å². The minimum atomic E-state index is -0.308. The predicted octanol–water partition coefficient (Wildman–Crippen LogP) is 1.85. The summed E-state index contributed by atoms with van der Waals surface area (Å²) in [6, 6.07) is 2.09. The third-order valence-electron chi connectivity index (χ3n) is 2.78. The normalized spacial score (nSPS) is 14.4. The lowest BCUT2D eigenvalue weighted by Crippen LogP contribution is -2.10. The molecule has 0 atom stereocenters. The number of esters is 1. The lowest BCUT2D eigenvalue weighted by Gasteiger charge is -2.06. The molecule has 0 N–H and O–H groups in total. The highest BCUT2D eigenvalue weighted by Crippen LogP contribution is 2.41. The fourth-order valence-corrected chi connectivity index (χ4v) is 1.88. The summed E-state index contributed by atoms with van der Waals surface area (Å²) in [5.74, 6) is 0.105. The molecule has 1 aromatic heterocycles. The number of hydrogen-bond acceptors (Lipinski definition) is 4. The number of nitrogens with zero attached hydrogens (tertiary/aromatic N) is 3. The minimum absolute atomic E-state index is 0.308. The van der Waals surface area contributed by atoms with Crippen molar-refractivity contribution >= 4 is 5.97 Å². The molecule has 2 rings (SSSR count). The van der Waals surface area contributed by atoms with Crippen LogP contribution in [-0.2, 0) is 11.3 Å². The van der Waals surface area contributed by atoms with Crippen LogP contribution in [0.1, 0.15) is 48.2 Å². The lowest BCUT2D eigenvalue weighted by molar-refractivity contribution is 0.0525. The van der Waals surface area contributed by atoms with Crippen molar-refractivity contribution in [3.63, 3.8) is 0 Å². The van der Waals surface area contributed by atoms with E-state index in [-0.39, 0.29) is 5.97 Å². The first-order valence-electron chi connectivity index (χ1n) is 5.87. The summed E-state index contributed by atoms with van der Waals surface area (Å²) in [4.78, 5) is 11.7. The summed E-state index contributed by atoms with van der Waals surface area (Å²) in [7, 11) is 0. The van der Waals surface area contributed by atoms with Gasteiger partial charge in [-0.2, -0.15) is 10.4 Å². The summed E-state index contributed by atoms with van der Waals surface area (Å²) in [5.41, 5.74) is 1.51. The SMILES string of the molecule is CCOC(=O)c1cnn(CCC#N)c1C1CC1. The number of hydrogen-bond donors (Lipinski definition) is 0. The van der Waals surface area contributed by atoms with Gasteiger partial charge in [-0.05, 0) is 19.8 Å². The van der Waals surface area contributed by atoms with Crippen molar-refractivity contribution in [2.45, 2.75) is 38.6 Å². The minimum Gasteiger partial charge on any atom is -0.462 e. The summed E-state index contributed by atoms with van der Waals surface area (Å²) < 4.78 is 6.78. The van der Waals surface area contributed by atoms with Crippen molar-refractivity contribution < 1.29 is 9.53 Å². The van der Waals surface area contributed by atoms with Gasteiger partial charge < -0.3 is 4.74 Å². The van der Waals surface area contributed by atoms with E-state index < -0.39 is 0 Å². The monoisotopic (exact) mass is 233 g/mol. The fraction of sp³-hybridized carbons (Fsp3) is 0.583. The summed E-state index contributed by atoms with van der Waals surface area (Å²) >= 11 is 0. The second-order valence-electron chi connectivity index (χ2n) is 4.07. The highest BCUT2D eigenvalue weighted by Gasteiger charge is 2.32. The van der Waals surface area contributed by atoms with Crippen LogP contribution in [0.25, 0.3) is 0 Å². The Kier molecular flexibility index (Phi) is 3.43. The highest BCUT2D eigenvalue weighted by atomic mass is 16.5. The molecule has 17 heavy (non-hydrogen) atoms. The Morgan fingerprint density at radius 3 is 3.06 bits per heavy atom. The van der Waals surface area contributed by atoms with Gasteiger partial charge in [0.15, 0.2) is 0 Å². The van der Waals surface area contributed by atoms with Crippen LogP contribution < -0.4 is 0 Å². The Morgan fingerprint density at radius 1 is 1.71 bits per heavy atom. The van der Waals surface area contributed by atoms with Gasteiger partial charge in [-0.25, -0.2) is 4.79 Å². The Balaban J connectivity index is 2.23. The highest BCUT2D eigenvalue weighted by molar-refractivity contribution is 5.90. The van der Waals surface area contributed by atoms with Crippen molar-refractivity contribution in [2.24, 2.45) is 0 Å². The molecule has 1 aliphatic carbocycles. The first-order valence-corrected chi connectivity index (χ1v) is 5.87. The van der Waals surface area contributed by atoms with E-state index in [1.807, 2.05) is 0 Å². The summed E-state index contributed by atoms with van der Waals surface area (Å²) in [5, 5.41) is 12.8. The Morgan fingerprint density at radius 2 is 2.47 bits per heavy atom. The zero-order valence-electron chi connectivity index (χ0n) is 9.85. The maximum absolute atomic E-state index is 11.7. The van der Waals surface area contributed by atoms with Crippen LogP contribution in [0.5, 0.6) is 0 Å². The zero-order valence-corrected chi connectivity index (χ0v) is 9.85. The topological polar surface area (TPSA) is 67.9 Å². The number of aryl methyl sites for hydroxylation is 1. The maximum atomic E-state index is 11.7. The van der Waals surface area contributed by atoms with E-state index in [0.717, 1.165) is 18.5 Å². The van der Waals surface area contributed by atoms with Gasteiger partial charge in [0.05, 0.1) is 37.5 Å². The molecule has 1 saturated carbocycles. The zero-order chi connectivity index (χ0) is 12.3. The number of aromatic nitrogens is 2. The van der Waals surface area contributed by atoms with Gasteiger partial charge in [0.2, 0.25) is 0 Å². The van der Waals surface area contributed by atoms with E-state index >= 15 is 0 Å². The van der Waals surface area contributed by atoms with Crippen LogP contribution in [0.4, 0.5) is 0 Å². The van der Waals surface area contributed by atoms with Gasteiger partial charge in [-0.15, -0.1) is 0 Å². The van der Waals surface area contributed by atoms with E-state index in [0.29, 0.717) is 31.1 Å². The molecule has 5 heteroatoms. The van der Waals surface area contributed by atoms with E-state index in [2.05, 4.69) is 11.2 Å². The quantitative estimate of drug-likeness (QED) is 0.728. The van der Waals surface area contributed by atoms with E-state index in [9.17, 15) is 4.79 Å². The maximum Gasteiger partial charge on any atom is 0.341 e. The lowest BCUT2D eigenvalue weighted by atomic mass is 10.2. The molecule has 0 bridgehead atoms. The molecule has 0 aliphatic heterocycles. The van der Waals surface area contributed by atoms with E-state index in [4.69, 9.17) is 10.00 Å². The Bertz CT molecular complexity index is 455. The van der Waals surface area contributed by atoms with Crippen LogP contribution in [0.2, 0.25) is 0 Å². The number of carbonyl (C=O) groups is 1. The predicted molar refractivity (Wildman–Crippen MR) is 60.4 cm³/mol. The van der Waals surface area contributed by atoms with Gasteiger partial charge in [-0.3, -0.25) is 4.68 Å². The molecule has 0 unspecified atom stereocenters. The molecule has 1 heterocycles. The van der Waals surface area contributed by atoms with Gasteiger partial charge >= 0.3 is 5.97 Å². The Labute approximate surface area is 100.0 Å². The number of rotatable bonds is 5. The molecule has 0 aromatic carbocycles. The number of nitriles is 1. The Hall–Kier alpha value is -1.83. The molecule has 5 nitrogen and oxygen atoms in total. The molecule has 0 saturated heterocycles. The molecule has 90 valence electrons. The standard InChI is InChI=1S/C12H15N3O2/c1-2-17-12(16)10-8-14-15(7-3-6-13)11(10)9-4-5-9/h8-9H,2-5,7H2,1H3. The molecule has 0 amide bonds. The summed E-state index contributed by atoms with van der Waals surface area (Å²) in [6.45, 7) is 2.70. The average Bonchev–Trinajstić information content (AvgIpc) is 3.07. The van der Waals surface area contributed by atoms with Gasteiger partial charge in [0.1, 0.15) is 5.56 Å². The van der Waals surface area contributed by atoms with E-state index in [1.165, 1.54) is 0 Å². The van der Waals surface area contributed by atoms with Gasteiger partial charge in [-0.1, -0.05) is 0 Å². The molecule has 0 radical (unpaired) electrons. The van der Waals surface area contributed by atoms with Crippen molar-refractivity contribution in [2.75, 3.05) is 6.61 Å². The molecule has 1 aromatic rings. The van der Waals surface area contributed by atoms with Crippen LogP contribution in [-0.4, -0.2) is 22.4 Å². The number of carbonyl (C=O) groups excluding carboxylic acids is 1. The smallest absolute Gasteiger partial charge is 0.341 e. The van der Waals surface area contributed by atoms with Crippen LogP contribution in [0.3, 0.4) is 0 Å². The largest absolute Gasteiger partial charge is 0.462 e.